The number of benzene rings is 1. The smallest absolute Gasteiger partial charge is 0.227 e. The van der Waals surface area contributed by atoms with Crippen LogP contribution in [0.4, 0.5) is 5.69 Å². The SMILES string of the molecule is CC(C)Oc1ccc(N2CC(C(=O)N(C)CCC3CNNC3)CC2=O)cc1. The van der Waals surface area contributed by atoms with Crippen molar-refractivity contribution < 1.29 is 14.3 Å². The van der Waals surface area contributed by atoms with Gasteiger partial charge in [0, 0.05) is 45.3 Å². The molecule has 2 amide bonds. The predicted octanol–water partition coefficient (Wildman–Crippen LogP) is 1.40. The Morgan fingerprint density at radius 3 is 2.56 bits per heavy atom. The van der Waals surface area contributed by atoms with E-state index in [4.69, 9.17) is 4.74 Å². The Labute approximate surface area is 161 Å². The van der Waals surface area contributed by atoms with Gasteiger partial charge in [-0.25, -0.2) is 0 Å². The summed E-state index contributed by atoms with van der Waals surface area (Å²) in [4.78, 5) is 28.7. The Kier molecular flexibility index (Phi) is 6.34. The number of anilines is 1. The normalized spacial score (nSPS) is 20.5. The number of hydrogen-bond acceptors (Lipinski definition) is 5. The molecule has 0 spiro atoms. The van der Waals surface area contributed by atoms with Crippen LogP contribution < -0.4 is 20.5 Å². The van der Waals surface area contributed by atoms with Crippen molar-refractivity contribution >= 4 is 17.5 Å². The molecule has 1 aromatic carbocycles. The minimum absolute atomic E-state index is 0.00321. The first-order valence-corrected chi connectivity index (χ1v) is 9.72. The minimum atomic E-state index is -0.270. The van der Waals surface area contributed by atoms with Gasteiger partial charge in [0.25, 0.3) is 0 Å². The van der Waals surface area contributed by atoms with E-state index in [1.165, 1.54) is 0 Å². The van der Waals surface area contributed by atoms with Gasteiger partial charge in [-0.3, -0.25) is 20.4 Å². The second kappa shape index (κ2) is 8.71. The Bertz CT molecular complexity index is 656. The van der Waals surface area contributed by atoms with Gasteiger partial charge in [-0.15, -0.1) is 0 Å². The second-order valence-electron chi connectivity index (χ2n) is 7.74. The van der Waals surface area contributed by atoms with Gasteiger partial charge in [0.15, 0.2) is 0 Å². The average molecular weight is 374 g/mol. The molecule has 7 heteroatoms. The molecule has 2 fully saturated rings. The zero-order valence-corrected chi connectivity index (χ0v) is 16.4. The zero-order valence-electron chi connectivity index (χ0n) is 16.4. The van der Waals surface area contributed by atoms with Crippen LogP contribution in [0.2, 0.25) is 0 Å². The Morgan fingerprint density at radius 2 is 1.93 bits per heavy atom. The highest BCUT2D eigenvalue weighted by Crippen LogP contribution is 2.28. The van der Waals surface area contributed by atoms with Crippen molar-refractivity contribution in [2.45, 2.75) is 32.8 Å². The molecule has 0 aromatic heterocycles. The molecule has 0 aliphatic carbocycles. The molecule has 27 heavy (non-hydrogen) atoms. The van der Waals surface area contributed by atoms with E-state index in [0.717, 1.165) is 37.5 Å². The van der Waals surface area contributed by atoms with Crippen LogP contribution in [0, 0.1) is 11.8 Å². The molecule has 2 N–H and O–H groups in total. The summed E-state index contributed by atoms with van der Waals surface area (Å²) in [6.45, 7) is 6.99. The molecule has 0 bridgehead atoms. The van der Waals surface area contributed by atoms with Crippen LogP contribution in [0.25, 0.3) is 0 Å². The van der Waals surface area contributed by atoms with Crippen LogP contribution in [-0.4, -0.2) is 56.0 Å². The maximum atomic E-state index is 12.7. The number of nitrogens with zero attached hydrogens (tertiary/aromatic N) is 2. The fraction of sp³-hybridized carbons (Fsp3) is 0.600. The number of ether oxygens (including phenoxy) is 1. The summed E-state index contributed by atoms with van der Waals surface area (Å²) in [5, 5.41) is 0. The van der Waals surface area contributed by atoms with Crippen molar-refractivity contribution in [1.82, 2.24) is 15.8 Å². The quantitative estimate of drug-likeness (QED) is 0.755. The molecule has 0 saturated carbocycles. The molecule has 1 unspecified atom stereocenters. The van der Waals surface area contributed by atoms with Gasteiger partial charge >= 0.3 is 0 Å². The second-order valence-corrected chi connectivity index (χ2v) is 7.74. The number of carbonyl (C=O) groups excluding carboxylic acids is 2. The third-order valence-corrected chi connectivity index (χ3v) is 5.15. The number of hydrazine groups is 1. The minimum Gasteiger partial charge on any atom is -0.491 e. The highest BCUT2D eigenvalue weighted by Gasteiger charge is 2.36. The van der Waals surface area contributed by atoms with Crippen molar-refractivity contribution in [2.75, 3.05) is 38.1 Å². The fourth-order valence-corrected chi connectivity index (χ4v) is 3.61. The molecule has 0 radical (unpaired) electrons. The van der Waals surface area contributed by atoms with E-state index in [-0.39, 0.29) is 30.3 Å². The lowest BCUT2D eigenvalue weighted by Gasteiger charge is -2.22. The van der Waals surface area contributed by atoms with Crippen LogP contribution >= 0.6 is 0 Å². The van der Waals surface area contributed by atoms with Crippen LogP contribution in [0.1, 0.15) is 26.7 Å². The number of carbonyl (C=O) groups is 2. The van der Waals surface area contributed by atoms with E-state index in [0.29, 0.717) is 12.5 Å². The molecule has 2 aliphatic rings. The van der Waals surface area contributed by atoms with Crippen molar-refractivity contribution in [2.24, 2.45) is 11.8 Å². The molecular formula is C20H30N4O3. The zero-order chi connectivity index (χ0) is 19.4. The highest BCUT2D eigenvalue weighted by atomic mass is 16.5. The molecule has 148 valence electrons. The van der Waals surface area contributed by atoms with Gasteiger partial charge < -0.3 is 14.5 Å². The van der Waals surface area contributed by atoms with Crippen LogP contribution in [-0.2, 0) is 9.59 Å². The first-order chi connectivity index (χ1) is 12.9. The van der Waals surface area contributed by atoms with E-state index in [9.17, 15) is 9.59 Å². The third kappa shape index (κ3) is 4.99. The summed E-state index contributed by atoms with van der Waals surface area (Å²) in [7, 11) is 1.84. The van der Waals surface area contributed by atoms with Gasteiger partial charge in [0.2, 0.25) is 11.8 Å². The summed E-state index contributed by atoms with van der Waals surface area (Å²) in [6, 6.07) is 7.50. The van der Waals surface area contributed by atoms with Crippen LogP contribution in [0.3, 0.4) is 0 Å². The molecule has 7 nitrogen and oxygen atoms in total. The van der Waals surface area contributed by atoms with Crippen molar-refractivity contribution in [3.05, 3.63) is 24.3 Å². The molecule has 2 saturated heterocycles. The summed E-state index contributed by atoms with van der Waals surface area (Å²) in [6.07, 6.45) is 1.35. The first kappa shape index (κ1) is 19.6. The maximum absolute atomic E-state index is 12.7. The number of rotatable bonds is 7. The summed E-state index contributed by atoms with van der Waals surface area (Å²) in [5.74, 6) is 1.12. The van der Waals surface area contributed by atoms with Gasteiger partial charge in [-0.05, 0) is 50.5 Å². The largest absolute Gasteiger partial charge is 0.491 e. The molecule has 3 rings (SSSR count). The van der Waals surface area contributed by atoms with E-state index >= 15 is 0 Å². The lowest BCUT2D eigenvalue weighted by molar-refractivity contribution is -0.134. The topological polar surface area (TPSA) is 73.9 Å². The van der Waals surface area contributed by atoms with E-state index in [1.54, 1.807) is 9.80 Å². The molecule has 2 heterocycles. The Morgan fingerprint density at radius 1 is 1.26 bits per heavy atom. The summed E-state index contributed by atoms with van der Waals surface area (Å²) >= 11 is 0. The number of amides is 2. The van der Waals surface area contributed by atoms with E-state index < -0.39 is 0 Å². The van der Waals surface area contributed by atoms with Gasteiger partial charge in [0.1, 0.15) is 5.75 Å². The molecule has 1 aromatic rings. The van der Waals surface area contributed by atoms with E-state index in [1.807, 2.05) is 45.2 Å². The maximum Gasteiger partial charge on any atom is 0.227 e. The first-order valence-electron chi connectivity index (χ1n) is 9.72. The fourth-order valence-electron chi connectivity index (χ4n) is 3.61. The monoisotopic (exact) mass is 374 g/mol. The van der Waals surface area contributed by atoms with Crippen molar-refractivity contribution in [3.8, 4) is 5.75 Å². The lowest BCUT2D eigenvalue weighted by Crippen LogP contribution is -2.36. The summed E-state index contributed by atoms with van der Waals surface area (Å²) in [5.41, 5.74) is 7.04. The van der Waals surface area contributed by atoms with Crippen molar-refractivity contribution in [1.29, 1.82) is 0 Å². The van der Waals surface area contributed by atoms with Crippen molar-refractivity contribution in [3.63, 3.8) is 0 Å². The Hall–Kier alpha value is -2.12. The van der Waals surface area contributed by atoms with Crippen LogP contribution in [0.15, 0.2) is 24.3 Å². The summed E-state index contributed by atoms with van der Waals surface area (Å²) < 4.78 is 5.65. The van der Waals surface area contributed by atoms with Gasteiger partial charge in [-0.2, -0.15) is 0 Å². The molecule has 1 atom stereocenters. The number of nitrogens with one attached hydrogen (secondary N) is 2. The standard InChI is InChI=1S/C20H30N4O3/c1-14(2)27-18-6-4-17(5-7-18)24-13-16(10-19(24)25)20(26)23(3)9-8-15-11-21-22-12-15/h4-7,14-16,21-22H,8-13H2,1-3H3. The number of hydrogen-bond donors (Lipinski definition) is 2. The van der Waals surface area contributed by atoms with E-state index in [2.05, 4.69) is 10.9 Å². The highest BCUT2D eigenvalue weighted by molar-refractivity contribution is 6.00. The van der Waals surface area contributed by atoms with Gasteiger partial charge in [-0.1, -0.05) is 0 Å². The predicted molar refractivity (Wildman–Crippen MR) is 104 cm³/mol. The molecule has 2 aliphatic heterocycles. The Balaban J connectivity index is 1.55. The molecular weight excluding hydrogens is 344 g/mol. The lowest BCUT2D eigenvalue weighted by atomic mass is 10.0. The third-order valence-electron chi connectivity index (χ3n) is 5.15. The average Bonchev–Trinajstić information content (AvgIpc) is 3.29. The van der Waals surface area contributed by atoms with Gasteiger partial charge in [0.05, 0.1) is 12.0 Å². The van der Waals surface area contributed by atoms with Crippen LogP contribution in [0.5, 0.6) is 5.75 Å².